The molecule has 1 amide bonds. The van der Waals surface area contributed by atoms with E-state index in [-0.39, 0.29) is 5.97 Å². The molecule has 0 aliphatic heterocycles. The van der Waals surface area contributed by atoms with Crippen LogP contribution >= 0.6 is 0 Å². The van der Waals surface area contributed by atoms with E-state index in [2.05, 4.69) is 0 Å². The van der Waals surface area contributed by atoms with Crippen molar-refractivity contribution in [2.24, 2.45) is 5.92 Å². The van der Waals surface area contributed by atoms with Crippen LogP contribution in [0.5, 0.6) is 0 Å². The topological polar surface area (TPSA) is 55.8 Å². The molecular weight excluding hydrogens is 234 g/mol. The third-order valence-electron chi connectivity index (χ3n) is 2.47. The van der Waals surface area contributed by atoms with E-state index < -0.39 is 12.1 Å². The van der Waals surface area contributed by atoms with E-state index in [1.807, 2.05) is 20.8 Å². The highest BCUT2D eigenvalue weighted by molar-refractivity contribution is 5.81. The van der Waals surface area contributed by atoms with E-state index >= 15 is 0 Å². The summed E-state index contributed by atoms with van der Waals surface area (Å²) in [6, 6.07) is -0.561. The van der Waals surface area contributed by atoms with Crippen LogP contribution in [0.2, 0.25) is 0 Å². The van der Waals surface area contributed by atoms with Crippen LogP contribution in [0.3, 0.4) is 0 Å². The van der Waals surface area contributed by atoms with Crippen molar-refractivity contribution in [3.63, 3.8) is 0 Å². The number of amides is 1. The number of carbonyl (C=O) groups excluding carboxylic acids is 2. The quantitative estimate of drug-likeness (QED) is 0.659. The molecule has 0 aromatic carbocycles. The lowest BCUT2D eigenvalue weighted by Crippen LogP contribution is -2.46. The predicted molar refractivity (Wildman–Crippen MR) is 69.3 cm³/mol. The van der Waals surface area contributed by atoms with Crippen molar-refractivity contribution in [2.45, 2.75) is 47.1 Å². The van der Waals surface area contributed by atoms with Gasteiger partial charge in [-0.1, -0.05) is 13.8 Å². The fourth-order valence-corrected chi connectivity index (χ4v) is 1.72. The number of hydrogen-bond donors (Lipinski definition) is 0. The molecule has 5 nitrogen and oxygen atoms in total. The molecule has 0 aliphatic rings. The van der Waals surface area contributed by atoms with Crippen LogP contribution in [-0.2, 0) is 14.3 Å². The van der Waals surface area contributed by atoms with Crippen LogP contribution in [-0.4, -0.2) is 42.8 Å². The average molecular weight is 259 g/mol. The molecule has 0 saturated carbocycles. The number of carbonyl (C=O) groups is 2. The van der Waals surface area contributed by atoms with Crippen molar-refractivity contribution in [3.05, 3.63) is 0 Å². The lowest BCUT2D eigenvalue weighted by Gasteiger charge is -2.29. The van der Waals surface area contributed by atoms with Gasteiger partial charge < -0.3 is 9.47 Å². The van der Waals surface area contributed by atoms with Gasteiger partial charge in [0.15, 0.2) is 0 Å². The second-order valence-electron chi connectivity index (χ2n) is 4.38. The van der Waals surface area contributed by atoms with Crippen LogP contribution in [0.1, 0.15) is 41.0 Å². The van der Waals surface area contributed by atoms with Gasteiger partial charge in [0.25, 0.3) is 0 Å². The minimum absolute atomic E-state index is 0.294. The predicted octanol–water partition coefficient (Wildman–Crippen LogP) is 2.44. The Hall–Kier alpha value is -1.26. The van der Waals surface area contributed by atoms with E-state index in [0.29, 0.717) is 32.1 Å². The SMILES string of the molecule is CCOC(=O)C(CC(C)C)N(CC)C(=O)OCC. The van der Waals surface area contributed by atoms with Crippen molar-refractivity contribution in [1.82, 2.24) is 4.90 Å². The molecule has 5 heteroatoms. The maximum Gasteiger partial charge on any atom is 0.410 e. The first-order chi connectivity index (χ1) is 8.47. The Morgan fingerprint density at radius 2 is 1.61 bits per heavy atom. The summed E-state index contributed by atoms with van der Waals surface area (Å²) in [7, 11) is 0. The highest BCUT2D eigenvalue weighted by Crippen LogP contribution is 2.14. The first-order valence-electron chi connectivity index (χ1n) is 6.57. The van der Waals surface area contributed by atoms with E-state index in [0.717, 1.165) is 0 Å². The molecule has 0 aliphatic carbocycles. The van der Waals surface area contributed by atoms with Crippen molar-refractivity contribution in [3.8, 4) is 0 Å². The van der Waals surface area contributed by atoms with Gasteiger partial charge in [0, 0.05) is 6.54 Å². The Morgan fingerprint density at radius 1 is 1.06 bits per heavy atom. The summed E-state index contributed by atoms with van der Waals surface area (Å²) < 4.78 is 9.99. The standard InChI is InChI=1S/C13H25NO4/c1-6-14(13(16)18-8-3)11(9-10(4)5)12(15)17-7-2/h10-11H,6-9H2,1-5H3. The zero-order chi connectivity index (χ0) is 14.1. The van der Waals surface area contributed by atoms with Gasteiger partial charge in [0.05, 0.1) is 13.2 Å². The fourth-order valence-electron chi connectivity index (χ4n) is 1.72. The van der Waals surface area contributed by atoms with E-state index in [4.69, 9.17) is 9.47 Å². The highest BCUT2D eigenvalue weighted by Gasteiger charge is 2.31. The number of nitrogens with zero attached hydrogens (tertiary/aromatic N) is 1. The Labute approximate surface area is 109 Å². The van der Waals surface area contributed by atoms with Crippen LogP contribution in [0.4, 0.5) is 4.79 Å². The highest BCUT2D eigenvalue weighted by atomic mass is 16.6. The third kappa shape index (κ3) is 5.38. The number of rotatable bonds is 7. The minimum atomic E-state index is -0.561. The molecule has 1 atom stereocenters. The third-order valence-corrected chi connectivity index (χ3v) is 2.47. The van der Waals surface area contributed by atoms with Gasteiger partial charge in [-0.05, 0) is 33.1 Å². The second kappa shape index (κ2) is 8.78. The van der Waals surface area contributed by atoms with Gasteiger partial charge in [-0.2, -0.15) is 0 Å². The molecule has 0 saturated heterocycles. The van der Waals surface area contributed by atoms with Crippen LogP contribution in [0.15, 0.2) is 0 Å². The summed E-state index contributed by atoms with van der Waals surface area (Å²) in [6.45, 7) is 10.4. The largest absolute Gasteiger partial charge is 0.464 e. The summed E-state index contributed by atoms with van der Waals surface area (Å²) in [4.78, 5) is 25.2. The van der Waals surface area contributed by atoms with Gasteiger partial charge in [0.1, 0.15) is 6.04 Å². The smallest absolute Gasteiger partial charge is 0.410 e. The zero-order valence-electron chi connectivity index (χ0n) is 12.1. The molecular formula is C13H25NO4. The number of likely N-dealkylation sites (N-methyl/N-ethyl adjacent to an activating group) is 1. The molecule has 0 fully saturated rings. The van der Waals surface area contributed by atoms with Crippen molar-refractivity contribution in [2.75, 3.05) is 19.8 Å². The lowest BCUT2D eigenvalue weighted by molar-refractivity contribution is -0.149. The summed E-state index contributed by atoms with van der Waals surface area (Å²) in [5, 5.41) is 0. The van der Waals surface area contributed by atoms with Crippen molar-refractivity contribution >= 4 is 12.1 Å². The fraction of sp³-hybridized carbons (Fsp3) is 0.846. The molecule has 1 unspecified atom stereocenters. The molecule has 0 spiro atoms. The molecule has 106 valence electrons. The number of ether oxygens (including phenoxy) is 2. The average Bonchev–Trinajstić information content (AvgIpc) is 2.28. The molecule has 0 bridgehead atoms. The second-order valence-corrected chi connectivity index (χ2v) is 4.38. The number of hydrogen-bond acceptors (Lipinski definition) is 4. The molecule has 0 N–H and O–H groups in total. The summed E-state index contributed by atoms with van der Waals surface area (Å²) in [5.74, 6) is -0.0658. The monoisotopic (exact) mass is 259 g/mol. The van der Waals surface area contributed by atoms with Crippen LogP contribution in [0.25, 0.3) is 0 Å². The van der Waals surface area contributed by atoms with E-state index in [1.165, 1.54) is 4.90 Å². The van der Waals surface area contributed by atoms with Gasteiger partial charge in [-0.15, -0.1) is 0 Å². The molecule has 0 radical (unpaired) electrons. The summed E-state index contributed by atoms with van der Waals surface area (Å²) >= 11 is 0. The number of esters is 1. The maximum atomic E-state index is 11.9. The van der Waals surface area contributed by atoms with E-state index in [9.17, 15) is 9.59 Å². The minimum Gasteiger partial charge on any atom is -0.464 e. The molecule has 0 heterocycles. The van der Waals surface area contributed by atoms with Gasteiger partial charge >= 0.3 is 12.1 Å². The Kier molecular flexibility index (Phi) is 8.16. The Balaban J connectivity index is 4.87. The van der Waals surface area contributed by atoms with Crippen LogP contribution in [0, 0.1) is 5.92 Å². The maximum absolute atomic E-state index is 11.9. The molecule has 18 heavy (non-hydrogen) atoms. The lowest BCUT2D eigenvalue weighted by atomic mass is 10.0. The first kappa shape index (κ1) is 16.7. The van der Waals surface area contributed by atoms with Gasteiger partial charge in [-0.25, -0.2) is 9.59 Å². The van der Waals surface area contributed by atoms with Gasteiger partial charge in [-0.3, -0.25) is 4.90 Å². The first-order valence-corrected chi connectivity index (χ1v) is 6.57. The Morgan fingerprint density at radius 3 is 2.00 bits per heavy atom. The summed E-state index contributed by atoms with van der Waals surface area (Å²) in [5.41, 5.74) is 0. The molecule has 0 rings (SSSR count). The zero-order valence-corrected chi connectivity index (χ0v) is 12.1. The Bertz CT molecular complexity index is 266. The molecule has 0 aromatic heterocycles. The molecule has 0 aromatic rings. The summed E-state index contributed by atoms with van der Waals surface area (Å²) in [6.07, 6.45) is 0.115. The van der Waals surface area contributed by atoms with Crippen molar-refractivity contribution < 1.29 is 19.1 Å². The van der Waals surface area contributed by atoms with Gasteiger partial charge in [0.2, 0.25) is 0 Å². The van der Waals surface area contributed by atoms with Crippen molar-refractivity contribution in [1.29, 1.82) is 0 Å². The van der Waals surface area contributed by atoms with Crippen LogP contribution < -0.4 is 0 Å². The van der Waals surface area contributed by atoms with E-state index in [1.54, 1.807) is 13.8 Å². The normalized spacial score (nSPS) is 12.1.